The first kappa shape index (κ1) is 10.8. The van der Waals surface area contributed by atoms with Gasteiger partial charge in [-0.15, -0.1) is 11.3 Å². The predicted molar refractivity (Wildman–Crippen MR) is 62.3 cm³/mol. The molecule has 0 bridgehead atoms. The third-order valence-corrected chi connectivity index (χ3v) is 4.30. The van der Waals surface area contributed by atoms with Gasteiger partial charge in [-0.1, -0.05) is 19.8 Å². The molecule has 1 fully saturated rings. The van der Waals surface area contributed by atoms with Crippen LogP contribution in [0.1, 0.15) is 48.0 Å². The molecule has 0 aromatic carbocycles. The summed E-state index contributed by atoms with van der Waals surface area (Å²) in [5.41, 5.74) is 2.68. The van der Waals surface area contributed by atoms with Crippen LogP contribution in [0.25, 0.3) is 0 Å². The van der Waals surface area contributed by atoms with Crippen LogP contribution < -0.4 is 0 Å². The molecule has 1 aromatic heterocycles. The molecule has 0 radical (unpaired) electrons. The van der Waals surface area contributed by atoms with E-state index in [1.54, 1.807) is 5.51 Å². The Morgan fingerprint density at radius 1 is 1.40 bits per heavy atom. The molecule has 15 heavy (non-hydrogen) atoms. The highest BCUT2D eigenvalue weighted by Crippen LogP contribution is 2.31. The van der Waals surface area contributed by atoms with E-state index in [1.165, 1.54) is 24.2 Å². The topological polar surface area (TPSA) is 30.0 Å². The Morgan fingerprint density at radius 3 is 2.60 bits per heavy atom. The van der Waals surface area contributed by atoms with Crippen molar-refractivity contribution in [3.63, 3.8) is 0 Å². The van der Waals surface area contributed by atoms with Gasteiger partial charge in [0.15, 0.2) is 5.78 Å². The Morgan fingerprint density at radius 2 is 2.07 bits per heavy atom. The molecule has 1 saturated carbocycles. The van der Waals surface area contributed by atoms with Crippen molar-refractivity contribution in [2.75, 3.05) is 0 Å². The molecular weight excluding hydrogens is 206 g/mol. The van der Waals surface area contributed by atoms with Gasteiger partial charge in [-0.3, -0.25) is 4.79 Å². The normalized spacial score (nSPS) is 26.5. The smallest absolute Gasteiger partial charge is 0.177 e. The lowest BCUT2D eigenvalue weighted by Crippen LogP contribution is -2.20. The van der Waals surface area contributed by atoms with Crippen LogP contribution >= 0.6 is 11.3 Å². The van der Waals surface area contributed by atoms with E-state index in [1.807, 2.05) is 6.92 Å². The van der Waals surface area contributed by atoms with Gasteiger partial charge >= 0.3 is 0 Å². The second kappa shape index (κ2) is 4.44. The van der Waals surface area contributed by atoms with Gasteiger partial charge in [-0.25, -0.2) is 4.98 Å². The molecule has 82 valence electrons. The van der Waals surface area contributed by atoms with E-state index in [0.29, 0.717) is 5.78 Å². The van der Waals surface area contributed by atoms with Crippen LogP contribution in [0.5, 0.6) is 0 Å². The molecule has 0 amide bonds. The molecule has 1 aromatic rings. The van der Waals surface area contributed by atoms with E-state index in [4.69, 9.17) is 0 Å². The molecule has 1 aliphatic carbocycles. The van der Waals surface area contributed by atoms with Crippen molar-refractivity contribution < 1.29 is 4.79 Å². The van der Waals surface area contributed by atoms with Crippen LogP contribution in [0.15, 0.2) is 5.51 Å². The number of Topliss-reactive ketones (excluding diaryl/α,β-unsaturated/α-hetero) is 1. The molecule has 1 heterocycles. The maximum Gasteiger partial charge on any atom is 0.177 e. The number of rotatable bonds is 2. The van der Waals surface area contributed by atoms with Gasteiger partial charge in [-0.2, -0.15) is 0 Å². The summed E-state index contributed by atoms with van der Waals surface area (Å²) in [6, 6.07) is 0. The Balaban J connectivity index is 2.06. The lowest BCUT2D eigenvalue weighted by molar-refractivity contribution is 0.0879. The lowest BCUT2D eigenvalue weighted by Gasteiger charge is -2.24. The third-order valence-electron chi connectivity index (χ3n) is 3.36. The molecule has 0 unspecified atom stereocenters. The van der Waals surface area contributed by atoms with Crippen molar-refractivity contribution in [3.05, 3.63) is 16.1 Å². The summed E-state index contributed by atoms with van der Waals surface area (Å²) in [6.45, 7) is 4.20. The summed E-state index contributed by atoms with van der Waals surface area (Å²) in [6.07, 6.45) is 4.54. The zero-order chi connectivity index (χ0) is 10.8. The van der Waals surface area contributed by atoms with Gasteiger partial charge in [0.25, 0.3) is 0 Å². The van der Waals surface area contributed by atoms with Crippen molar-refractivity contribution in [2.24, 2.45) is 11.8 Å². The maximum absolute atomic E-state index is 12.2. The largest absolute Gasteiger partial charge is 0.293 e. The number of carbonyl (C=O) groups excluding carboxylic acids is 1. The Kier molecular flexibility index (Phi) is 3.19. The number of aryl methyl sites for hydroxylation is 1. The molecule has 3 heteroatoms. The average Bonchev–Trinajstić information content (AvgIpc) is 2.65. The second-order valence-corrected chi connectivity index (χ2v) is 5.44. The minimum Gasteiger partial charge on any atom is -0.293 e. The van der Waals surface area contributed by atoms with Crippen molar-refractivity contribution >= 4 is 17.1 Å². The highest BCUT2D eigenvalue weighted by atomic mass is 32.1. The minimum absolute atomic E-state index is 0.264. The van der Waals surface area contributed by atoms with Crippen LogP contribution in [0.4, 0.5) is 0 Å². The summed E-state index contributed by atoms with van der Waals surface area (Å²) in [5.74, 6) is 1.40. The summed E-state index contributed by atoms with van der Waals surface area (Å²) in [4.78, 5) is 17.2. The van der Waals surface area contributed by atoms with Crippen LogP contribution in [-0.2, 0) is 0 Å². The van der Waals surface area contributed by atoms with Crippen molar-refractivity contribution in [1.82, 2.24) is 4.98 Å². The monoisotopic (exact) mass is 223 g/mol. The van der Waals surface area contributed by atoms with Crippen LogP contribution in [0, 0.1) is 18.8 Å². The zero-order valence-corrected chi connectivity index (χ0v) is 10.1. The quantitative estimate of drug-likeness (QED) is 0.719. The summed E-state index contributed by atoms with van der Waals surface area (Å²) >= 11 is 1.49. The van der Waals surface area contributed by atoms with Gasteiger partial charge in [0, 0.05) is 5.92 Å². The van der Waals surface area contributed by atoms with E-state index >= 15 is 0 Å². The summed E-state index contributed by atoms with van der Waals surface area (Å²) < 4.78 is 0. The molecule has 0 N–H and O–H groups in total. The van der Waals surface area contributed by atoms with Crippen LogP contribution in [0.2, 0.25) is 0 Å². The van der Waals surface area contributed by atoms with Gasteiger partial charge in [0.2, 0.25) is 0 Å². The van der Waals surface area contributed by atoms with E-state index in [-0.39, 0.29) is 5.92 Å². The van der Waals surface area contributed by atoms with Crippen LogP contribution in [0.3, 0.4) is 0 Å². The highest BCUT2D eigenvalue weighted by molar-refractivity contribution is 7.11. The van der Waals surface area contributed by atoms with Crippen molar-refractivity contribution in [3.8, 4) is 0 Å². The molecule has 2 rings (SSSR count). The minimum atomic E-state index is 0.264. The van der Waals surface area contributed by atoms with Gasteiger partial charge < -0.3 is 0 Å². The Labute approximate surface area is 94.7 Å². The Hall–Kier alpha value is -0.700. The van der Waals surface area contributed by atoms with E-state index in [9.17, 15) is 4.79 Å². The number of thiazole rings is 1. The number of hydrogen-bond donors (Lipinski definition) is 0. The summed E-state index contributed by atoms with van der Waals surface area (Å²) in [5, 5.41) is 0. The molecule has 0 saturated heterocycles. The first-order chi connectivity index (χ1) is 7.18. The first-order valence-corrected chi connectivity index (χ1v) is 6.50. The third kappa shape index (κ3) is 2.28. The fraction of sp³-hybridized carbons (Fsp3) is 0.667. The second-order valence-electron chi connectivity index (χ2n) is 4.59. The highest BCUT2D eigenvalue weighted by Gasteiger charge is 2.26. The van der Waals surface area contributed by atoms with Crippen LogP contribution in [-0.4, -0.2) is 10.8 Å². The molecule has 0 atom stereocenters. The molecule has 1 aliphatic rings. The first-order valence-electron chi connectivity index (χ1n) is 5.62. The van der Waals surface area contributed by atoms with Gasteiger partial charge in [0.05, 0.1) is 16.1 Å². The number of aromatic nitrogens is 1. The zero-order valence-electron chi connectivity index (χ0n) is 9.32. The predicted octanol–water partition coefficient (Wildman–Crippen LogP) is 3.46. The Bertz CT molecular complexity index is 350. The van der Waals surface area contributed by atoms with Crippen molar-refractivity contribution in [1.29, 1.82) is 0 Å². The average molecular weight is 223 g/mol. The number of hydrogen-bond acceptors (Lipinski definition) is 3. The number of nitrogens with zero attached hydrogens (tertiary/aromatic N) is 1. The van der Waals surface area contributed by atoms with E-state index in [2.05, 4.69) is 11.9 Å². The van der Waals surface area contributed by atoms with E-state index in [0.717, 1.165) is 29.3 Å². The fourth-order valence-corrected chi connectivity index (χ4v) is 3.07. The SMILES string of the molecule is Cc1ncsc1C(=O)C1CCC(C)CC1. The van der Waals surface area contributed by atoms with E-state index < -0.39 is 0 Å². The van der Waals surface area contributed by atoms with Crippen molar-refractivity contribution in [2.45, 2.75) is 39.5 Å². The fourth-order valence-electron chi connectivity index (χ4n) is 2.25. The molecule has 0 spiro atoms. The molecular formula is C12H17NOS. The number of ketones is 1. The lowest BCUT2D eigenvalue weighted by atomic mass is 9.80. The van der Waals surface area contributed by atoms with Gasteiger partial charge in [0.1, 0.15) is 0 Å². The number of carbonyl (C=O) groups is 1. The maximum atomic E-state index is 12.2. The standard InChI is InChI=1S/C12H17NOS/c1-8-3-5-10(6-4-8)11(14)12-9(2)13-7-15-12/h7-8,10H,3-6H2,1-2H3. The molecule has 2 nitrogen and oxygen atoms in total. The summed E-state index contributed by atoms with van der Waals surface area (Å²) in [7, 11) is 0. The molecule has 0 aliphatic heterocycles. The van der Waals surface area contributed by atoms with Gasteiger partial charge in [-0.05, 0) is 25.7 Å².